The molecular formula is C22H21BrClFN4O. The Labute approximate surface area is 187 Å². The van der Waals surface area contributed by atoms with Gasteiger partial charge < -0.3 is 10.6 Å². The second-order valence-electron chi connectivity index (χ2n) is 7.39. The number of hydrogen-bond donors (Lipinski definition) is 2. The zero-order chi connectivity index (χ0) is 21.3. The SMILES string of the molecule is Cn1ncc(Br)c1-c1ccc(C(=O)N[C@@H]2CNCC[C@H]2c2cccc(F)c2)cc1Cl. The highest BCUT2D eigenvalue weighted by Crippen LogP contribution is 2.33. The van der Waals surface area contributed by atoms with Crippen LogP contribution in [-0.4, -0.2) is 34.8 Å². The van der Waals surface area contributed by atoms with Gasteiger partial charge in [-0.15, -0.1) is 0 Å². The summed E-state index contributed by atoms with van der Waals surface area (Å²) < 4.78 is 16.3. The smallest absolute Gasteiger partial charge is 0.251 e. The van der Waals surface area contributed by atoms with Crippen LogP contribution >= 0.6 is 27.5 Å². The van der Waals surface area contributed by atoms with E-state index in [-0.39, 0.29) is 23.7 Å². The lowest BCUT2D eigenvalue weighted by Gasteiger charge is -2.33. The van der Waals surface area contributed by atoms with Gasteiger partial charge in [0.25, 0.3) is 5.91 Å². The molecule has 0 aliphatic carbocycles. The number of aromatic nitrogens is 2. The Morgan fingerprint density at radius 1 is 1.33 bits per heavy atom. The van der Waals surface area contributed by atoms with E-state index in [0.29, 0.717) is 17.1 Å². The monoisotopic (exact) mass is 490 g/mol. The number of aryl methyl sites for hydroxylation is 1. The molecule has 1 fully saturated rings. The summed E-state index contributed by atoms with van der Waals surface area (Å²) in [6.45, 7) is 1.45. The first-order valence-electron chi connectivity index (χ1n) is 9.68. The molecule has 0 spiro atoms. The largest absolute Gasteiger partial charge is 0.347 e. The first kappa shape index (κ1) is 21.0. The number of hydrogen-bond acceptors (Lipinski definition) is 3. The molecule has 1 aliphatic heterocycles. The standard InChI is InChI=1S/C22H21BrClFN4O/c1-29-21(18(23)11-27-29)17-6-5-14(10-19(17)24)22(30)28-20-12-26-8-7-16(20)13-3-2-4-15(25)9-13/h2-6,9-11,16,20,26H,7-8,12H2,1H3,(H,28,30)/t16-,20+/m0/s1. The molecule has 2 atom stereocenters. The molecule has 4 rings (SSSR count). The molecule has 0 radical (unpaired) electrons. The van der Waals surface area contributed by atoms with Crippen LogP contribution in [0.1, 0.15) is 28.3 Å². The van der Waals surface area contributed by atoms with E-state index < -0.39 is 0 Å². The van der Waals surface area contributed by atoms with E-state index in [9.17, 15) is 9.18 Å². The van der Waals surface area contributed by atoms with Gasteiger partial charge in [0, 0.05) is 36.7 Å². The van der Waals surface area contributed by atoms with Crippen molar-refractivity contribution in [3.05, 3.63) is 75.1 Å². The lowest BCUT2D eigenvalue weighted by atomic mass is 9.86. The first-order chi connectivity index (χ1) is 14.4. The van der Waals surface area contributed by atoms with Crippen LogP contribution in [0.3, 0.4) is 0 Å². The number of halogens is 3. The van der Waals surface area contributed by atoms with Gasteiger partial charge in [0.1, 0.15) is 5.82 Å². The van der Waals surface area contributed by atoms with E-state index in [4.69, 9.17) is 11.6 Å². The minimum Gasteiger partial charge on any atom is -0.347 e. The number of rotatable bonds is 4. The zero-order valence-corrected chi connectivity index (χ0v) is 18.7. The Hall–Kier alpha value is -2.22. The maximum absolute atomic E-state index is 13.7. The lowest BCUT2D eigenvalue weighted by Crippen LogP contribution is -2.50. The highest BCUT2D eigenvalue weighted by Gasteiger charge is 2.28. The normalized spacial score (nSPS) is 18.9. The van der Waals surface area contributed by atoms with Crippen molar-refractivity contribution in [2.45, 2.75) is 18.4 Å². The molecule has 2 heterocycles. The predicted octanol–water partition coefficient (Wildman–Crippen LogP) is 4.52. The Morgan fingerprint density at radius 2 is 2.17 bits per heavy atom. The fraction of sp³-hybridized carbons (Fsp3) is 0.273. The van der Waals surface area contributed by atoms with Crippen LogP contribution in [0.2, 0.25) is 5.02 Å². The lowest BCUT2D eigenvalue weighted by molar-refractivity contribution is 0.0924. The van der Waals surface area contributed by atoms with Crippen LogP contribution in [0.4, 0.5) is 4.39 Å². The van der Waals surface area contributed by atoms with E-state index in [1.165, 1.54) is 6.07 Å². The van der Waals surface area contributed by atoms with Crippen molar-refractivity contribution >= 4 is 33.4 Å². The molecule has 8 heteroatoms. The number of amides is 1. The minimum atomic E-state index is -0.264. The Bertz CT molecular complexity index is 1070. The number of piperidine rings is 1. The van der Waals surface area contributed by atoms with Crippen molar-refractivity contribution in [3.63, 3.8) is 0 Å². The summed E-state index contributed by atoms with van der Waals surface area (Å²) in [6.07, 6.45) is 2.53. The van der Waals surface area contributed by atoms with Gasteiger partial charge in [0.05, 0.1) is 21.4 Å². The highest BCUT2D eigenvalue weighted by atomic mass is 79.9. The molecular weight excluding hydrogens is 471 g/mol. The van der Waals surface area contributed by atoms with Crippen LogP contribution in [0, 0.1) is 5.82 Å². The summed E-state index contributed by atoms with van der Waals surface area (Å²) >= 11 is 9.98. The predicted molar refractivity (Wildman–Crippen MR) is 119 cm³/mol. The van der Waals surface area contributed by atoms with Crippen LogP contribution in [0.25, 0.3) is 11.3 Å². The number of nitrogens with one attached hydrogen (secondary N) is 2. The summed E-state index contributed by atoms with van der Waals surface area (Å²) in [6, 6.07) is 11.7. The van der Waals surface area contributed by atoms with E-state index >= 15 is 0 Å². The Balaban J connectivity index is 1.55. The minimum absolute atomic E-state index is 0.0473. The van der Waals surface area contributed by atoms with E-state index in [1.807, 2.05) is 19.2 Å². The van der Waals surface area contributed by atoms with Crippen molar-refractivity contribution in [3.8, 4) is 11.3 Å². The maximum atomic E-state index is 13.7. The molecule has 1 aliphatic rings. The molecule has 0 bridgehead atoms. The van der Waals surface area contributed by atoms with Gasteiger partial charge >= 0.3 is 0 Å². The Kier molecular flexibility index (Phi) is 6.22. The molecule has 30 heavy (non-hydrogen) atoms. The van der Waals surface area contributed by atoms with Gasteiger partial charge in [-0.2, -0.15) is 5.10 Å². The molecule has 1 amide bonds. The molecule has 5 nitrogen and oxygen atoms in total. The third kappa shape index (κ3) is 4.29. The van der Waals surface area contributed by atoms with Crippen LogP contribution in [0.5, 0.6) is 0 Å². The molecule has 0 saturated carbocycles. The van der Waals surface area contributed by atoms with Crippen molar-refractivity contribution in [2.24, 2.45) is 7.05 Å². The summed E-state index contributed by atoms with van der Waals surface area (Å²) in [5.74, 6) is -0.423. The maximum Gasteiger partial charge on any atom is 0.251 e. The van der Waals surface area contributed by atoms with Crippen molar-refractivity contribution in [1.29, 1.82) is 0 Å². The van der Waals surface area contributed by atoms with Crippen molar-refractivity contribution < 1.29 is 9.18 Å². The summed E-state index contributed by atoms with van der Waals surface area (Å²) in [5.41, 5.74) is 3.01. The third-order valence-corrected chi connectivity index (χ3v) is 6.35. The Morgan fingerprint density at radius 3 is 2.87 bits per heavy atom. The van der Waals surface area contributed by atoms with Crippen LogP contribution < -0.4 is 10.6 Å². The van der Waals surface area contributed by atoms with Gasteiger partial charge in [-0.1, -0.05) is 29.8 Å². The molecule has 156 valence electrons. The van der Waals surface area contributed by atoms with Crippen LogP contribution in [-0.2, 0) is 7.05 Å². The van der Waals surface area contributed by atoms with Gasteiger partial charge in [0.15, 0.2) is 0 Å². The van der Waals surface area contributed by atoms with Crippen molar-refractivity contribution in [2.75, 3.05) is 13.1 Å². The van der Waals surface area contributed by atoms with E-state index in [2.05, 4.69) is 31.7 Å². The first-order valence-corrected chi connectivity index (χ1v) is 10.9. The van der Waals surface area contributed by atoms with Gasteiger partial charge in [-0.3, -0.25) is 9.48 Å². The molecule has 2 N–H and O–H groups in total. The molecule has 1 saturated heterocycles. The van der Waals surface area contributed by atoms with Gasteiger partial charge in [-0.25, -0.2) is 4.39 Å². The van der Waals surface area contributed by atoms with E-state index in [1.54, 1.807) is 35.1 Å². The molecule has 3 aromatic rings. The number of nitrogens with zero attached hydrogens (tertiary/aromatic N) is 2. The van der Waals surface area contributed by atoms with Crippen LogP contribution in [0.15, 0.2) is 53.1 Å². The number of carbonyl (C=O) groups is 1. The number of benzene rings is 2. The highest BCUT2D eigenvalue weighted by molar-refractivity contribution is 9.10. The van der Waals surface area contributed by atoms with Crippen molar-refractivity contribution in [1.82, 2.24) is 20.4 Å². The topological polar surface area (TPSA) is 59.0 Å². The average Bonchev–Trinajstić information content (AvgIpc) is 3.06. The molecule has 1 aromatic heterocycles. The van der Waals surface area contributed by atoms with E-state index in [0.717, 1.165) is 34.3 Å². The van der Waals surface area contributed by atoms with Gasteiger partial charge in [-0.05, 0) is 58.7 Å². The summed E-state index contributed by atoms with van der Waals surface area (Å²) in [4.78, 5) is 12.9. The second kappa shape index (κ2) is 8.88. The fourth-order valence-corrected chi connectivity index (χ4v) is 4.79. The molecule has 0 unspecified atom stereocenters. The van der Waals surface area contributed by atoms with Gasteiger partial charge in [0.2, 0.25) is 0 Å². The fourth-order valence-electron chi connectivity index (χ4n) is 3.96. The summed E-state index contributed by atoms with van der Waals surface area (Å²) in [5, 5.41) is 11.1. The molecule has 2 aromatic carbocycles. The zero-order valence-electron chi connectivity index (χ0n) is 16.3. The summed E-state index contributed by atoms with van der Waals surface area (Å²) in [7, 11) is 1.83. The second-order valence-corrected chi connectivity index (χ2v) is 8.66. The quantitative estimate of drug-likeness (QED) is 0.564. The average molecular weight is 492 g/mol. The number of carbonyl (C=O) groups excluding carboxylic acids is 1. The third-order valence-electron chi connectivity index (χ3n) is 5.46.